The Morgan fingerprint density at radius 3 is 2.89 bits per heavy atom. The number of rotatable bonds is 3. The van der Waals surface area contributed by atoms with Crippen molar-refractivity contribution in [2.45, 2.75) is 43.7 Å². The van der Waals surface area contributed by atoms with Crippen molar-refractivity contribution in [2.24, 2.45) is 0 Å². The maximum atomic E-state index is 6.32. The third-order valence-corrected chi connectivity index (χ3v) is 4.23. The Morgan fingerprint density at radius 2 is 2.16 bits per heavy atom. The predicted molar refractivity (Wildman–Crippen MR) is 77.7 cm³/mol. The number of hydrogen-bond donors (Lipinski definition) is 0. The van der Waals surface area contributed by atoms with Crippen molar-refractivity contribution in [3.05, 3.63) is 30.1 Å². The van der Waals surface area contributed by atoms with Crippen molar-refractivity contribution < 1.29 is 4.74 Å². The van der Waals surface area contributed by atoms with E-state index in [1.54, 1.807) is 7.11 Å². The smallest absolute Gasteiger partial charge is 0.128 e. The number of hydrogen-bond acceptors (Lipinski definition) is 2. The molecule has 0 aliphatic heterocycles. The first-order chi connectivity index (χ1) is 9.22. The molecule has 3 rings (SSSR count). The number of nitrogens with zero attached hydrogens (tertiary/aromatic N) is 2. The summed E-state index contributed by atoms with van der Waals surface area (Å²) in [5.74, 6) is 0.955. The number of aromatic nitrogens is 2. The van der Waals surface area contributed by atoms with Gasteiger partial charge >= 0.3 is 0 Å². The summed E-state index contributed by atoms with van der Waals surface area (Å²) in [5, 5.41) is -0.0921. The average molecular weight is 279 g/mol. The van der Waals surface area contributed by atoms with Crippen LogP contribution in [0.2, 0.25) is 0 Å². The molecule has 4 heteroatoms. The molecule has 1 saturated carbocycles. The minimum absolute atomic E-state index is 0.0921. The molecule has 0 amide bonds. The minimum atomic E-state index is -0.0921. The number of methoxy groups -OCH3 is 1. The number of halogens is 1. The van der Waals surface area contributed by atoms with Gasteiger partial charge in [-0.3, -0.25) is 0 Å². The van der Waals surface area contributed by atoms with Gasteiger partial charge < -0.3 is 9.30 Å². The molecule has 3 atom stereocenters. The van der Waals surface area contributed by atoms with Crippen molar-refractivity contribution in [1.82, 2.24) is 9.55 Å². The third kappa shape index (κ3) is 2.15. The van der Waals surface area contributed by atoms with Crippen LogP contribution >= 0.6 is 11.6 Å². The zero-order valence-electron chi connectivity index (χ0n) is 11.3. The van der Waals surface area contributed by atoms with Gasteiger partial charge in [-0.1, -0.05) is 12.1 Å². The van der Waals surface area contributed by atoms with E-state index < -0.39 is 0 Å². The highest BCUT2D eigenvalue weighted by Gasteiger charge is 2.32. The molecule has 0 spiro atoms. The van der Waals surface area contributed by atoms with Gasteiger partial charge in [-0.25, -0.2) is 4.98 Å². The number of ether oxygens (including phenoxy) is 1. The summed E-state index contributed by atoms with van der Waals surface area (Å²) in [6, 6.07) is 8.60. The van der Waals surface area contributed by atoms with Crippen LogP contribution in [0.25, 0.3) is 11.0 Å². The van der Waals surface area contributed by atoms with Crippen LogP contribution < -0.4 is 0 Å². The number of para-hydroxylation sites is 2. The minimum Gasteiger partial charge on any atom is -0.379 e. The highest BCUT2D eigenvalue weighted by atomic mass is 35.5. The first kappa shape index (κ1) is 12.9. The maximum Gasteiger partial charge on any atom is 0.128 e. The lowest BCUT2D eigenvalue weighted by molar-refractivity contribution is 0.0753. The molecule has 102 valence electrons. The lowest BCUT2D eigenvalue weighted by atomic mass is 10.2. The fraction of sp³-hybridized carbons (Fsp3) is 0.533. The zero-order valence-corrected chi connectivity index (χ0v) is 12.1. The Bertz CT molecular complexity index is 579. The van der Waals surface area contributed by atoms with Gasteiger partial charge in [0.2, 0.25) is 0 Å². The summed E-state index contributed by atoms with van der Waals surface area (Å²) >= 11 is 6.32. The highest BCUT2D eigenvalue weighted by molar-refractivity contribution is 6.20. The molecular weight excluding hydrogens is 260 g/mol. The Hall–Kier alpha value is -1.06. The number of alkyl halides is 1. The fourth-order valence-corrected chi connectivity index (χ4v) is 3.32. The van der Waals surface area contributed by atoms with Crippen molar-refractivity contribution in [3.8, 4) is 0 Å². The molecule has 1 fully saturated rings. The molecule has 3 unspecified atom stereocenters. The van der Waals surface area contributed by atoms with Crippen molar-refractivity contribution in [1.29, 1.82) is 0 Å². The maximum absolute atomic E-state index is 6.32. The lowest BCUT2D eigenvalue weighted by Gasteiger charge is -2.23. The van der Waals surface area contributed by atoms with E-state index in [0.29, 0.717) is 6.04 Å². The first-order valence-corrected chi connectivity index (χ1v) is 7.29. The Morgan fingerprint density at radius 1 is 1.37 bits per heavy atom. The molecule has 0 radical (unpaired) electrons. The van der Waals surface area contributed by atoms with Gasteiger partial charge in [-0.15, -0.1) is 11.6 Å². The van der Waals surface area contributed by atoms with E-state index in [0.717, 1.165) is 24.2 Å². The molecule has 1 heterocycles. The molecular formula is C15H19ClN2O. The highest BCUT2D eigenvalue weighted by Crippen LogP contribution is 2.37. The summed E-state index contributed by atoms with van der Waals surface area (Å²) in [6.07, 6.45) is 3.72. The summed E-state index contributed by atoms with van der Waals surface area (Å²) in [7, 11) is 1.80. The van der Waals surface area contributed by atoms with E-state index >= 15 is 0 Å². The van der Waals surface area contributed by atoms with Crippen molar-refractivity contribution in [3.63, 3.8) is 0 Å². The van der Waals surface area contributed by atoms with Gasteiger partial charge in [0.1, 0.15) is 5.82 Å². The largest absolute Gasteiger partial charge is 0.379 e. The molecule has 19 heavy (non-hydrogen) atoms. The van der Waals surface area contributed by atoms with Crippen LogP contribution in [0.1, 0.15) is 43.4 Å². The predicted octanol–water partition coefficient (Wildman–Crippen LogP) is 4.08. The van der Waals surface area contributed by atoms with Crippen LogP contribution in [-0.4, -0.2) is 22.8 Å². The van der Waals surface area contributed by atoms with Gasteiger partial charge in [0, 0.05) is 7.11 Å². The Labute approximate surface area is 118 Å². The van der Waals surface area contributed by atoms with Gasteiger partial charge in [0.25, 0.3) is 0 Å². The molecule has 1 aromatic carbocycles. The number of benzene rings is 1. The standard InChI is InChI=1S/C15H19ClN2O/c1-10(16)15-17-11-6-3-4-7-12(11)18(15)13-8-5-9-14(13)19-2/h3-4,6-7,10,13-14H,5,8-9H2,1-2H3. The molecule has 1 aromatic heterocycles. The van der Waals surface area contributed by atoms with Gasteiger partial charge in [-0.05, 0) is 38.3 Å². The van der Waals surface area contributed by atoms with E-state index in [2.05, 4.69) is 16.7 Å². The van der Waals surface area contributed by atoms with Crippen LogP contribution in [0.4, 0.5) is 0 Å². The van der Waals surface area contributed by atoms with E-state index in [1.807, 2.05) is 19.1 Å². The molecule has 3 nitrogen and oxygen atoms in total. The fourth-order valence-electron chi connectivity index (χ4n) is 3.17. The van der Waals surface area contributed by atoms with E-state index in [9.17, 15) is 0 Å². The SMILES string of the molecule is COC1CCCC1n1c(C(C)Cl)nc2ccccc21. The summed E-state index contributed by atoms with van der Waals surface area (Å²) in [5.41, 5.74) is 2.19. The van der Waals surface area contributed by atoms with Crippen LogP contribution in [0.3, 0.4) is 0 Å². The van der Waals surface area contributed by atoms with Crippen molar-refractivity contribution >= 4 is 22.6 Å². The average Bonchev–Trinajstić information content (AvgIpc) is 3.01. The second kappa shape index (κ2) is 5.14. The zero-order chi connectivity index (χ0) is 13.4. The first-order valence-electron chi connectivity index (χ1n) is 6.86. The molecule has 2 aromatic rings. The third-order valence-electron chi connectivity index (χ3n) is 4.03. The van der Waals surface area contributed by atoms with Gasteiger partial charge in [0.05, 0.1) is 28.6 Å². The van der Waals surface area contributed by atoms with E-state index in [-0.39, 0.29) is 11.5 Å². The quantitative estimate of drug-likeness (QED) is 0.791. The monoisotopic (exact) mass is 278 g/mol. The molecule has 0 saturated heterocycles. The summed E-state index contributed by atoms with van der Waals surface area (Å²) in [4.78, 5) is 4.70. The number of fused-ring (bicyclic) bond motifs is 1. The molecule has 1 aliphatic carbocycles. The van der Waals surface area contributed by atoms with Gasteiger partial charge in [-0.2, -0.15) is 0 Å². The number of imidazole rings is 1. The van der Waals surface area contributed by atoms with Crippen LogP contribution in [0.5, 0.6) is 0 Å². The Kier molecular flexibility index (Phi) is 3.50. The summed E-state index contributed by atoms with van der Waals surface area (Å²) < 4.78 is 7.94. The van der Waals surface area contributed by atoms with E-state index in [4.69, 9.17) is 21.3 Å². The van der Waals surface area contributed by atoms with Crippen LogP contribution in [0.15, 0.2) is 24.3 Å². The second-order valence-corrected chi connectivity index (χ2v) is 5.87. The second-order valence-electron chi connectivity index (χ2n) is 5.22. The lowest BCUT2D eigenvalue weighted by Crippen LogP contribution is -2.22. The Balaban J connectivity index is 2.17. The molecule has 0 bridgehead atoms. The molecule has 1 aliphatic rings. The topological polar surface area (TPSA) is 27.1 Å². The normalized spacial score (nSPS) is 25.0. The van der Waals surface area contributed by atoms with Gasteiger partial charge in [0.15, 0.2) is 0 Å². The van der Waals surface area contributed by atoms with Crippen LogP contribution in [-0.2, 0) is 4.74 Å². The van der Waals surface area contributed by atoms with Crippen molar-refractivity contribution in [2.75, 3.05) is 7.11 Å². The van der Waals surface area contributed by atoms with E-state index in [1.165, 1.54) is 11.9 Å². The molecule has 0 N–H and O–H groups in total. The summed E-state index contributed by atoms with van der Waals surface area (Å²) in [6.45, 7) is 1.98. The van der Waals surface area contributed by atoms with Crippen LogP contribution in [0, 0.1) is 0 Å².